The van der Waals surface area contributed by atoms with E-state index in [1.807, 2.05) is 11.8 Å². The highest BCUT2D eigenvalue weighted by Crippen LogP contribution is 2.13. The number of nitrogens with two attached hydrogens (primary N) is 1. The maximum atomic E-state index is 5.88. The molecule has 0 aliphatic heterocycles. The lowest BCUT2D eigenvalue weighted by Gasteiger charge is -2.34. The van der Waals surface area contributed by atoms with Gasteiger partial charge in [-0.3, -0.25) is 4.90 Å². The molecule has 0 saturated carbocycles. The van der Waals surface area contributed by atoms with Crippen LogP contribution >= 0.6 is 11.8 Å². The quantitative estimate of drug-likeness (QED) is 0.620. The molecule has 0 heterocycles. The maximum Gasteiger partial charge on any atom is 0.0221 e. The predicted octanol–water partition coefficient (Wildman–Crippen LogP) is 2.58. The molecular formula is C12H28N2S. The van der Waals surface area contributed by atoms with Crippen LogP contribution in [-0.2, 0) is 0 Å². The topological polar surface area (TPSA) is 29.3 Å². The molecule has 0 aliphatic rings. The minimum absolute atomic E-state index is 0.581. The van der Waals surface area contributed by atoms with Crippen molar-refractivity contribution in [1.29, 1.82) is 0 Å². The number of hydrogen-bond donors (Lipinski definition) is 1. The Balaban J connectivity index is 4.08. The van der Waals surface area contributed by atoms with Crippen molar-refractivity contribution in [1.82, 2.24) is 4.90 Å². The standard InChI is InChI=1S/C12H28N2S/c1-5-11(3)14(6-2)12(10-13)8-7-9-15-4/h11-12H,5-10,13H2,1-4H3. The van der Waals surface area contributed by atoms with Gasteiger partial charge < -0.3 is 5.73 Å². The van der Waals surface area contributed by atoms with Crippen LogP contribution in [0.4, 0.5) is 0 Å². The first kappa shape index (κ1) is 15.3. The molecule has 92 valence electrons. The second-order valence-electron chi connectivity index (χ2n) is 4.11. The van der Waals surface area contributed by atoms with Crippen molar-refractivity contribution < 1.29 is 0 Å². The molecule has 0 aromatic rings. The Bertz CT molecular complexity index is 142. The fourth-order valence-electron chi connectivity index (χ4n) is 2.05. The second kappa shape index (κ2) is 9.49. The molecule has 0 bridgehead atoms. The van der Waals surface area contributed by atoms with Crippen molar-refractivity contribution in [3.05, 3.63) is 0 Å². The van der Waals surface area contributed by atoms with Gasteiger partial charge in [0.1, 0.15) is 0 Å². The third kappa shape index (κ3) is 5.79. The van der Waals surface area contributed by atoms with Crippen LogP contribution < -0.4 is 5.73 Å². The van der Waals surface area contributed by atoms with Crippen molar-refractivity contribution in [2.24, 2.45) is 5.73 Å². The number of thioether (sulfide) groups is 1. The fourth-order valence-corrected chi connectivity index (χ4v) is 2.50. The van der Waals surface area contributed by atoms with Crippen LogP contribution in [-0.4, -0.2) is 42.1 Å². The van der Waals surface area contributed by atoms with Gasteiger partial charge in [0.2, 0.25) is 0 Å². The Morgan fingerprint density at radius 1 is 1.33 bits per heavy atom. The zero-order valence-electron chi connectivity index (χ0n) is 10.8. The predicted molar refractivity (Wildman–Crippen MR) is 72.6 cm³/mol. The molecule has 0 aliphatic carbocycles. The molecule has 15 heavy (non-hydrogen) atoms. The molecule has 2 atom stereocenters. The molecular weight excluding hydrogens is 204 g/mol. The van der Waals surface area contributed by atoms with Crippen LogP contribution in [0.15, 0.2) is 0 Å². The van der Waals surface area contributed by atoms with Gasteiger partial charge in [-0.2, -0.15) is 11.8 Å². The Labute approximate surface area is 100.0 Å². The molecule has 0 spiro atoms. The van der Waals surface area contributed by atoms with Crippen LogP contribution in [0.5, 0.6) is 0 Å². The highest BCUT2D eigenvalue weighted by atomic mass is 32.2. The first-order valence-corrected chi connectivity index (χ1v) is 7.55. The van der Waals surface area contributed by atoms with E-state index in [4.69, 9.17) is 5.73 Å². The van der Waals surface area contributed by atoms with E-state index in [9.17, 15) is 0 Å². The molecule has 2 N–H and O–H groups in total. The minimum atomic E-state index is 0.581. The van der Waals surface area contributed by atoms with Gasteiger partial charge in [-0.1, -0.05) is 13.8 Å². The van der Waals surface area contributed by atoms with Crippen LogP contribution in [0.3, 0.4) is 0 Å². The number of likely N-dealkylation sites (N-methyl/N-ethyl adjacent to an activating group) is 1. The first-order valence-electron chi connectivity index (χ1n) is 6.15. The normalized spacial score (nSPS) is 15.6. The van der Waals surface area contributed by atoms with Crippen molar-refractivity contribution in [2.75, 3.05) is 25.1 Å². The van der Waals surface area contributed by atoms with Crippen LogP contribution in [0.25, 0.3) is 0 Å². The second-order valence-corrected chi connectivity index (χ2v) is 5.10. The van der Waals surface area contributed by atoms with Gasteiger partial charge in [0.25, 0.3) is 0 Å². The highest BCUT2D eigenvalue weighted by molar-refractivity contribution is 7.98. The molecule has 0 rings (SSSR count). The molecule has 2 nitrogen and oxygen atoms in total. The van der Waals surface area contributed by atoms with Crippen molar-refractivity contribution >= 4 is 11.8 Å². The molecule has 0 amide bonds. The fraction of sp³-hybridized carbons (Fsp3) is 1.00. The van der Waals surface area contributed by atoms with Crippen molar-refractivity contribution in [3.63, 3.8) is 0 Å². The largest absolute Gasteiger partial charge is 0.329 e. The number of nitrogens with zero attached hydrogens (tertiary/aromatic N) is 1. The summed E-state index contributed by atoms with van der Waals surface area (Å²) in [5.74, 6) is 1.26. The molecule has 0 saturated heterocycles. The average molecular weight is 232 g/mol. The van der Waals surface area contributed by atoms with Gasteiger partial charge in [-0.25, -0.2) is 0 Å². The monoisotopic (exact) mass is 232 g/mol. The third-order valence-corrected chi connectivity index (χ3v) is 3.85. The summed E-state index contributed by atoms with van der Waals surface area (Å²) in [6.07, 6.45) is 5.92. The molecule has 0 radical (unpaired) electrons. The van der Waals surface area contributed by atoms with E-state index in [2.05, 4.69) is 31.9 Å². The van der Waals surface area contributed by atoms with E-state index in [0.29, 0.717) is 12.1 Å². The van der Waals surface area contributed by atoms with Gasteiger partial charge in [0.05, 0.1) is 0 Å². The van der Waals surface area contributed by atoms with E-state index >= 15 is 0 Å². The van der Waals surface area contributed by atoms with E-state index in [1.54, 1.807) is 0 Å². The van der Waals surface area contributed by atoms with Gasteiger partial charge in [-0.05, 0) is 44.7 Å². The Kier molecular flexibility index (Phi) is 9.66. The lowest BCUT2D eigenvalue weighted by molar-refractivity contribution is 0.144. The molecule has 0 aromatic carbocycles. The molecule has 0 aromatic heterocycles. The lowest BCUT2D eigenvalue weighted by atomic mass is 10.1. The Hall–Kier alpha value is 0.270. The summed E-state index contributed by atoms with van der Waals surface area (Å²) < 4.78 is 0. The Morgan fingerprint density at radius 3 is 2.40 bits per heavy atom. The number of hydrogen-bond acceptors (Lipinski definition) is 3. The summed E-state index contributed by atoms with van der Waals surface area (Å²) in [5, 5.41) is 0. The van der Waals surface area contributed by atoms with Crippen LogP contribution in [0, 0.1) is 0 Å². The maximum absolute atomic E-state index is 5.88. The average Bonchev–Trinajstić information content (AvgIpc) is 2.27. The molecule has 0 fully saturated rings. The SMILES string of the molecule is CCC(C)N(CC)C(CN)CCCSC. The van der Waals surface area contributed by atoms with E-state index < -0.39 is 0 Å². The van der Waals surface area contributed by atoms with Gasteiger partial charge in [-0.15, -0.1) is 0 Å². The van der Waals surface area contributed by atoms with E-state index in [1.165, 1.54) is 25.0 Å². The smallest absolute Gasteiger partial charge is 0.0221 e. The first-order chi connectivity index (χ1) is 7.21. The van der Waals surface area contributed by atoms with Gasteiger partial charge in [0.15, 0.2) is 0 Å². The summed E-state index contributed by atoms with van der Waals surface area (Å²) in [7, 11) is 0. The van der Waals surface area contributed by atoms with Gasteiger partial charge in [0, 0.05) is 18.6 Å². The highest BCUT2D eigenvalue weighted by Gasteiger charge is 2.19. The third-order valence-electron chi connectivity index (χ3n) is 3.15. The van der Waals surface area contributed by atoms with Gasteiger partial charge >= 0.3 is 0 Å². The van der Waals surface area contributed by atoms with Crippen LogP contribution in [0.1, 0.15) is 40.0 Å². The lowest BCUT2D eigenvalue weighted by Crippen LogP contribution is -2.45. The van der Waals surface area contributed by atoms with Crippen molar-refractivity contribution in [2.45, 2.75) is 52.1 Å². The molecule has 3 heteroatoms. The Morgan fingerprint density at radius 2 is 2.00 bits per heavy atom. The van der Waals surface area contributed by atoms with Crippen LogP contribution in [0.2, 0.25) is 0 Å². The molecule has 2 unspecified atom stereocenters. The summed E-state index contributed by atoms with van der Waals surface area (Å²) in [6, 6.07) is 1.25. The summed E-state index contributed by atoms with van der Waals surface area (Å²) in [5.41, 5.74) is 5.88. The minimum Gasteiger partial charge on any atom is -0.329 e. The summed E-state index contributed by atoms with van der Waals surface area (Å²) >= 11 is 1.93. The van der Waals surface area contributed by atoms with Crippen molar-refractivity contribution in [3.8, 4) is 0 Å². The zero-order chi connectivity index (χ0) is 11.7. The van der Waals surface area contributed by atoms with E-state index in [-0.39, 0.29) is 0 Å². The summed E-state index contributed by atoms with van der Waals surface area (Å²) in [4.78, 5) is 2.56. The van der Waals surface area contributed by atoms with E-state index in [0.717, 1.165) is 13.1 Å². The number of rotatable bonds is 9. The summed E-state index contributed by atoms with van der Waals surface area (Å²) in [6.45, 7) is 8.72. The zero-order valence-corrected chi connectivity index (χ0v) is 11.6.